The second-order valence-electron chi connectivity index (χ2n) is 4.44. The van der Waals surface area contributed by atoms with Crippen molar-refractivity contribution in [2.24, 2.45) is 0 Å². The van der Waals surface area contributed by atoms with Gasteiger partial charge in [0.2, 0.25) is 0 Å². The summed E-state index contributed by atoms with van der Waals surface area (Å²) in [4.78, 5) is 7.07. The molecule has 1 aliphatic rings. The van der Waals surface area contributed by atoms with Gasteiger partial charge < -0.3 is 9.64 Å². The summed E-state index contributed by atoms with van der Waals surface area (Å²) in [5.41, 5.74) is 1.05. The topological polar surface area (TPSA) is 25.4 Å². The predicted molar refractivity (Wildman–Crippen MR) is 77.5 cm³/mol. The Hall–Kier alpha value is -1.13. The van der Waals surface area contributed by atoms with Gasteiger partial charge in [0.05, 0.1) is 24.8 Å². The van der Waals surface area contributed by atoms with Crippen LogP contribution >= 0.6 is 15.9 Å². The molecule has 3 rings (SSSR count). The molecule has 1 aromatic carbocycles. The smallest absolute Gasteiger partial charge is 0.129 e. The van der Waals surface area contributed by atoms with Crippen molar-refractivity contribution in [3.8, 4) is 0 Å². The maximum Gasteiger partial charge on any atom is 0.129 e. The summed E-state index contributed by atoms with van der Waals surface area (Å²) in [7, 11) is 0. The highest BCUT2D eigenvalue weighted by molar-refractivity contribution is 9.09. The summed E-state index contributed by atoms with van der Waals surface area (Å²) >= 11 is 3.55. The average molecular weight is 307 g/mol. The number of halogens is 1. The van der Waals surface area contributed by atoms with E-state index in [4.69, 9.17) is 9.72 Å². The zero-order valence-corrected chi connectivity index (χ0v) is 11.6. The molecule has 2 heterocycles. The van der Waals surface area contributed by atoms with E-state index >= 15 is 0 Å². The predicted octanol–water partition coefficient (Wildman–Crippen LogP) is 2.83. The van der Waals surface area contributed by atoms with E-state index in [-0.39, 0.29) is 0 Å². The molecule has 0 radical (unpaired) electrons. The van der Waals surface area contributed by atoms with Crippen molar-refractivity contribution >= 4 is 32.7 Å². The van der Waals surface area contributed by atoms with E-state index in [9.17, 15) is 0 Å². The molecule has 0 saturated carbocycles. The van der Waals surface area contributed by atoms with Gasteiger partial charge in [-0.25, -0.2) is 4.98 Å². The Morgan fingerprint density at radius 2 is 2.17 bits per heavy atom. The van der Waals surface area contributed by atoms with Crippen LogP contribution in [0.4, 0.5) is 5.82 Å². The van der Waals surface area contributed by atoms with Gasteiger partial charge in [-0.15, -0.1) is 0 Å². The van der Waals surface area contributed by atoms with Crippen molar-refractivity contribution in [3.63, 3.8) is 0 Å². The molecule has 18 heavy (non-hydrogen) atoms. The van der Waals surface area contributed by atoms with Crippen LogP contribution in [0.2, 0.25) is 0 Å². The van der Waals surface area contributed by atoms with E-state index in [0.717, 1.165) is 36.4 Å². The highest BCUT2D eigenvalue weighted by atomic mass is 79.9. The Labute approximate surface area is 115 Å². The zero-order chi connectivity index (χ0) is 12.4. The number of nitrogens with zero attached hydrogens (tertiary/aromatic N) is 2. The molecular weight excluding hydrogens is 292 g/mol. The van der Waals surface area contributed by atoms with Gasteiger partial charge in [-0.05, 0) is 18.2 Å². The lowest BCUT2D eigenvalue weighted by Gasteiger charge is -2.35. The fourth-order valence-electron chi connectivity index (χ4n) is 2.30. The number of rotatable bonds is 2. The van der Waals surface area contributed by atoms with Crippen molar-refractivity contribution in [2.45, 2.75) is 6.04 Å². The summed E-state index contributed by atoms with van der Waals surface area (Å²) < 4.78 is 5.51. The Balaban J connectivity index is 1.97. The molecule has 1 saturated heterocycles. The van der Waals surface area contributed by atoms with Gasteiger partial charge in [0.15, 0.2) is 0 Å². The largest absolute Gasteiger partial charge is 0.377 e. The van der Waals surface area contributed by atoms with Gasteiger partial charge >= 0.3 is 0 Å². The third kappa shape index (κ3) is 2.22. The molecule has 4 heteroatoms. The van der Waals surface area contributed by atoms with E-state index in [1.54, 1.807) is 0 Å². The molecule has 1 aromatic heterocycles. The minimum Gasteiger partial charge on any atom is -0.377 e. The first kappa shape index (κ1) is 11.9. The number of alkyl halides is 1. The molecule has 1 unspecified atom stereocenters. The number of morpholine rings is 1. The number of aromatic nitrogens is 1. The molecule has 0 N–H and O–H groups in total. The Bertz CT molecular complexity index is 546. The number of pyridine rings is 1. The van der Waals surface area contributed by atoms with Crippen LogP contribution in [-0.4, -0.2) is 36.1 Å². The van der Waals surface area contributed by atoms with Gasteiger partial charge in [0.25, 0.3) is 0 Å². The molecule has 1 fully saturated rings. The number of hydrogen-bond acceptors (Lipinski definition) is 3. The lowest BCUT2D eigenvalue weighted by molar-refractivity contribution is 0.100. The van der Waals surface area contributed by atoms with E-state index in [2.05, 4.69) is 45.1 Å². The first-order valence-corrected chi connectivity index (χ1v) is 7.27. The standard InChI is InChI=1S/C14H15BrN2O/c15-9-12-10-18-8-7-17(12)14-6-5-11-3-1-2-4-13(11)16-14/h1-6,12H,7-10H2. The summed E-state index contributed by atoms with van der Waals surface area (Å²) in [6, 6.07) is 12.8. The van der Waals surface area contributed by atoms with Crippen LogP contribution in [0.25, 0.3) is 10.9 Å². The number of benzene rings is 1. The van der Waals surface area contributed by atoms with Gasteiger partial charge in [0, 0.05) is 17.3 Å². The Morgan fingerprint density at radius 1 is 1.28 bits per heavy atom. The summed E-state index contributed by atoms with van der Waals surface area (Å²) in [5, 5.41) is 2.09. The Kier molecular flexibility index (Phi) is 3.48. The number of anilines is 1. The number of para-hydroxylation sites is 1. The normalized spacial score (nSPS) is 20.3. The first-order chi connectivity index (χ1) is 8.88. The van der Waals surface area contributed by atoms with Gasteiger partial charge in [-0.3, -0.25) is 0 Å². The van der Waals surface area contributed by atoms with Crippen molar-refractivity contribution in [3.05, 3.63) is 36.4 Å². The highest BCUT2D eigenvalue weighted by Gasteiger charge is 2.23. The maximum absolute atomic E-state index is 5.51. The summed E-state index contributed by atoms with van der Waals surface area (Å²) in [6.45, 7) is 2.44. The monoisotopic (exact) mass is 306 g/mol. The molecule has 1 aliphatic heterocycles. The molecule has 0 amide bonds. The molecule has 0 bridgehead atoms. The molecular formula is C14H15BrN2O. The van der Waals surface area contributed by atoms with Crippen molar-refractivity contribution in [2.75, 3.05) is 30.0 Å². The first-order valence-electron chi connectivity index (χ1n) is 6.14. The average Bonchev–Trinajstić information content (AvgIpc) is 2.46. The van der Waals surface area contributed by atoms with Crippen LogP contribution in [0.3, 0.4) is 0 Å². The van der Waals surface area contributed by atoms with Crippen LogP contribution in [0.15, 0.2) is 36.4 Å². The van der Waals surface area contributed by atoms with Gasteiger partial charge in [0.1, 0.15) is 5.82 Å². The second kappa shape index (κ2) is 5.24. The van der Waals surface area contributed by atoms with Gasteiger partial charge in [-0.2, -0.15) is 0 Å². The summed E-state index contributed by atoms with van der Waals surface area (Å²) in [6.07, 6.45) is 0. The zero-order valence-electron chi connectivity index (χ0n) is 10.1. The summed E-state index contributed by atoms with van der Waals surface area (Å²) in [5.74, 6) is 1.04. The Morgan fingerprint density at radius 3 is 3.06 bits per heavy atom. The molecule has 94 valence electrons. The van der Waals surface area contributed by atoms with Crippen molar-refractivity contribution in [1.82, 2.24) is 4.98 Å². The molecule has 2 aromatic rings. The minimum atomic E-state index is 0.368. The number of fused-ring (bicyclic) bond motifs is 1. The molecule has 3 nitrogen and oxygen atoms in total. The fraction of sp³-hybridized carbons (Fsp3) is 0.357. The molecule has 0 aliphatic carbocycles. The third-order valence-corrected chi connectivity index (χ3v) is 4.03. The lowest BCUT2D eigenvalue weighted by Crippen LogP contribution is -2.47. The number of ether oxygens (including phenoxy) is 1. The van der Waals surface area contributed by atoms with Gasteiger partial charge in [-0.1, -0.05) is 34.1 Å². The SMILES string of the molecule is BrCC1COCCN1c1ccc2ccccc2n1. The lowest BCUT2D eigenvalue weighted by atomic mass is 10.2. The van der Waals surface area contributed by atoms with Crippen LogP contribution in [0, 0.1) is 0 Å². The van der Waals surface area contributed by atoms with Crippen LogP contribution in [-0.2, 0) is 4.74 Å². The van der Waals surface area contributed by atoms with Crippen LogP contribution < -0.4 is 4.90 Å². The van der Waals surface area contributed by atoms with E-state index in [1.165, 1.54) is 5.39 Å². The third-order valence-electron chi connectivity index (χ3n) is 3.28. The molecule has 0 spiro atoms. The van der Waals surface area contributed by atoms with E-state index in [1.807, 2.05) is 12.1 Å². The fourth-order valence-corrected chi connectivity index (χ4v) is 2.84. The van der Waals surface area contributed by atoms with E-state index in [0.29, 0.717) is 6.04 Å². The maximum atomic E-state index is 5.51. The highest BCUT2D eigenvalue weighted by Crippen LogP contribution is 2.22. The quantitative estimate of drug-likeness (QED) is 0.798. The number of hydrogen-bond donors (Lipinski definition) is 0. The molecule has 1 atom stereocenters. The second-order valence-corrected chi connectivity index (χ2v) is 5.09. The van der Waals surface area contributed by atoms with E-state index < -0.39 is 0 Å². The van der Waals surface area contributed by atoms with Crippen LogP contribution in [0.1, 0.15) is 0 Å². The van der Waals surface area contributed by atoms with Crippen LogP contribution in [0.5, 0.6) is 0 Å². The van der Waals surface area contributed by atoms with Crippen molar-refractivity contribution < 1.29 is 4.74 Å². The minimum absolute atomic E-state index is 0.368. The van der Waals surface area contributed by atoms with Crippen molar-refractivity contribution in [1.29, 1.82) is 0 Å².